The van der Waals surface area contributed by atoms with Gasteiger partial charge in [-0.25, -0.2) is 4.79 Å². The van der Waals surface area contributed by atoms with E-state index < -0.39 is 40.1 Å². The molecule has 6 unspecified atom stereocenters. The van der Waals surface area contributed by atoms with Gasteiger partial charge in [0.1, 0.15) is 29.7 Å². The molecule has 0 amide bonds. The van der Waals surface area contributed by atoms with Gasteiger partial charge in [0.25, 0.3) is 0 Å². The second kappa shape index (κ2) is 32.8. The minimum Gasteiger partial charge on any atom is -0.508 e. The number of fused-ring (bicyclic) bond motifs is 1. The number of benzene rings is 1. The van der Waals surface area contributed by atoms with Crippen molar-refractivity contribution in [3.63, 3.8) is 0 Å². The number of rotatable bonds is 14. The highest BCUT2D eigenvalue weighted by Crippen LogP contribution is 2.58. The van der Waals surface area contributed by atoms with E-state index in [1.54, 1.807) is 19.9 Å². The molecule has 10 rings (SSSR count). The highest BCUT2D eigenvalue weighted by molar-refractivity contribution is 5.80. The Morgan fingerprint density at radius 2 is 1.15 bits per heavy atom. The summed E-state index contributed by atoms with van der Waals surface area (Å²) in [5, 5.41) is 30.2. The minimum absolute atomic E-state index is 0. The number of ether oxygens (including phenoxy) is 5. The van der Waals surface area contributed by atoms with Crippen LogP contribution in [0.3, 0.4) is 0 Å². The topological polar surface area (TPSA) is 192 Å². The van der Waals surface area contributed by atoms with Crippen LogP contribution in [0.25, 0.3) is 0 Å². The van der Waals surface area contributed by atoms with Crippen molar-refractivity contribution in [1.29, 1.82) is 0 Å². The first kappa shape index (κ1) is 81.8. The first-order valence-electron chi connectivity index (χ1n) is 27.3. The third-order valence-electron chi connectivity index (χ3n) is 18.0. The van der Waals surface area contributed by atoms with Crippen LogP contribution >= 0.6 is 0 Å². The molecule has 0 radical (unpaired) electrons. The molecule has 9 aliphatic rings. The number of aliphatic hydroxyl groups is 2. The van der Waals surface area contributed by atoms with Crippen LogP contribution in [0.2, 0.25) is 0 Å². The van der Waals surface area contributed by atoms with Crippen molar-refractivity contribution >= 4 is 29.8 Å². The number of esters is 5. The van der Waals surface area contributed by atoms with Gasteiger partial charge >= 0.3 is 29.8 Å². The Bertz CT molecular complexity index is 1960. The molecule has 6 atom stereocenters. The molecule has 9 fully saturated rings. The molecule has 7 aliphatic carbocycles. The third-order valence-corrected chi connectivity index (χ3v) is 18.0. The summed E-state index contributed by atoms with van der Waals surface area (Å²) >= 11 is 0. The summed E-state index contributed by atoms with van der Waals surface area (Å²) in [7, 11) is 0. The molecule has 0 aromatic heterocycles. The van der Waals surface area contributed by atoms with Gasteiger partial charge in [-0.15, -0.1) is 0 Å². The van der Waals surface area contributed by atoms with Crippen LogP contribution in [0.5, 0.6) is 5.75 Å². The predicted octanol–water partition coefficient (Wildman–Crippen LogP) is 16.2. The molecule has 7 saturated carbocycles. The van der Waals surface area contributed by atoms with Gasteiger partial charge in [0, 0.05) is 24.2 Å². The van der Waals surface area contributed by atoms with E-state index in [0.29, 0.717) is 62.0 Å². The van der Waals surface area contributed by atoms with Crippen molar-refractivity contribution < 1.29 is 63.0 Å². The van der Waals surface area contributed by atoms with E-state index in [1.165, 1.54) is 18.4 Å². The first-order valence-corrected chi connectivity index (χ1v) is 27.3. The van der Waals surface area contributed by atoms with Crippen molar-refractivity contribution in [2.75, 3.05) is 6.61 Å². The van der Waals surface area contributed by atoms with E-state index in [9.17, 15) is 34.2 Å². The van der Waals surface area contributed by atoms with Crippen LogP contribution in [-0.4, -0.2) is 86.9 Å². The van der Waals surface area contributed by atoms with Crippen LogP contribution in [-0.2, 0) is 47.7 Å². The number of carbonyl (C=O) groups excluding carboxylic acids is 5. The monoisotopic (exact) mass is 1120 g/mol. The van der Waals surface area contributed by atoms with Crippen molar-refractivity contribution in [2.24, 2.45) is 51.8 Å². The van der Waals surface area contributed by atoms with Crippen molar-refractivity contribution in [3.05, 3.63) is 29.8 Å². The van der Waals surface area contributed by atoms with Gasteiger partial charge in [0.05, 0.1) is 33.4 Å². The Morgan fingerprint density at radius 3 is 1.62 bits per heavy atom. The van der Waals surface area contributed by atoms with Crippen molar-refractivity contribution in [1.82, 2.24) is 0 Å². The van der Waals surface area contributed by atoms with Gasteiger partial charge in [-0.05, 0) is 180 Å². The SMILES string of the molecule is C.C.C.C.C.C.C.C.CCC(C)(C)C(=O)OC1(C(C)C)CCCC1.CCC(C)(C)C(=O)OC1C2CC3(O)CC1CC(O)(C2)C3.CCC(C)(C)C(=O)OCC(=O)OC1C2CC3CC(C2)C(=O)OC1C3.CCC(C)c1cccc(O)c1. The number of hydrogen-bond donors (Lipinski definition) is 3. The van der Waals surface area contributed by atoms with Gasteiger partial charge in [-0.1, -0.05) is 120 Å². The summed E-state index contributed by atoms with van der Waals surface area (Å²) in [5.41, 5.74) is -1.84. The molecular weight excluding hydrogens is 1000 g/mol. The summed E-state index contributed by atoms with van der Waals surface area (Å²) in [4.78, 5) is 60.5. The van der Waals surface area contributed by atoms with Crippen LogP contribution in [0.1, 0.15) is 270 Å². The van der Waals surface area contributed by atoms with Crippen LogP contribution in [0.15, 0.2) is 24.3 Å². The number of phenols is 1. The van der Waals surface area contributed by atoms with Crippen LogP contribution in [0, 0.1) is 51.8 Å². The molecule has 2 heterocycles. The normalized spacial score (nSPS) is 28.1. The highest BCUT2D eigenvalue weighted by atomic mass is 16.6. The fourth-order valence-electron chi connectivity index (χ4n) is 12.0. The number of carbonyl (C=O) groups is 5. The lowest BCUT2D eigenvalue weighted by Crippen LogP contribution is -2.64. The summed E-state index contributed by atoms with van der Waals surface area (Å²) in [6.45, 7) is 25.5. The molecule has 79 heavy (non-hydrogen) atoms. The number of aromatic hydroxyl groups is 1. The average molecular weight is 1130 g/mol. The van der Waals surface area contributed by atoms with Gasteiger partial charge in [0.2, 0.25) is 0 Å². The Kier molecular flexibility index (Phi) is 34.0. The molecule has 13 nitrogen and oxygen atoms in total. The summed E-state index contributed by atoms with van der Waals surface area (Å²) in [6.07, 6.45) is 13.4. The predicted molar refractivity (Wildman–Crippen MR) is 325 cm³/mol. The van der Waals surface area contributed by atoms with Gasteiger partial charge in [-0.2, -0.15) is 0 Å². The van der Waals surface area contributed by atoms with E-state index in [0.717, 1.165) is 57.8 Å². The average Bonchev–Trinajstić information content (AvgIpc) is 3.73. The van der Waals surface area contributed by atoms with E-state index in [1.807, 2.05) is 66.7 Å². The van der Waals surface area contributed by atoms with E-state index in [2.05, 4.69) is 27.7 Å². The quantitative estimate of drug-likeness (QED) is 0.118. The largest absolute Gasteiger partial charge is 0.508 e. The Morgan fingerprint density at radius 1 is 0.658 bits per heavy atom. The van der Waals surface area contributed by atoms with E-state index in [4.69, 9.17) is 28.8 Å². The highest BCUT2D eigenvalue weighted by Gasteiger charge is 2.62. The van der Waals surface area contributed by atoms with Gasteiger partial charge in [-0.3, -0.25) is 19.2 Å². The molecule has 2 saturated heterocycles. The molecule has 1 aromatic carbocycles. The molecule has 13 heteroatoms. The maximum atomic E-state index is 12.3. The lowest BCUT2D eigenvalue weighted by molar-refractivity contribution is -0.244. The maximum Gasteiger partial charge on any atom is 0.344 e. The zero-order valence-corrected chi connectivity index (χ0v) is 45.7. The smallest absolute Gasteiger partial charge is 0.344 e. The fourth-order valence-corrected chi connectivity index (χ4v) is 12.0. The standard InChI is InChI=1S/C18H26O6.C16H26O4.C14H26O2.C10H14O.8CH4/c1-4-18(2,3)17(21)22-9-14(19)24-15-11-5-10-6-12(8-11)16(20)23-13(15)7-10;1-4-14(2,3)13(17)20-12-10-5-15(18)7-11(12)8-16(19,6-10)9-15;1-6-13(4,5)12(15)16-14(11(2)3)9-7-8-10-14;1-3-8(2)9-5-4-6-10(11)7-9;;;;;;;;/h10-13,15H,4-9H2,1-3H3;10-12,18-19H,4-9H2,1-3H3;11H,6-10H2,1-5H3;4-8,11H,3H2,1-2H3;8*1H4. The zero-order chi connectivity index (χ0) is 52.9. The van der Waals surface area contributed by atoms with Crippen LogP contribution < -0.4 is 0 Å². The molecule has 466 valence electrons. The molecule has 0 spiro atoms. The molecule has 8 bridgehead atoms. The summed E-state index contributed by atoms with van der Waals surface area (Å²) < 4.78 is 27.9. The van der Waals surface area contributed by atoms with Gasteiger partial charge in [0.15, 0.2) is 6.61 Å². The Balaban J connectivity index is -0.000000473. The lowest BCUT2D eigenvalue weighted by Gasteiger charge is -2.60. The summed E-state index contributed by atoms with van der Waals surface area (Å²) in [6, 6.07) is 7.46. The molecular formula is C66H124O13. The second-order valence-electron chi connectivity index (χ2n) is 25.0. The van der Waals surface area contributed by atoms with Gasteiger partial charge < -0.3 is 39.0 Å². The number of hydrogen-bond acceptors (Lipinski definition) is 13. The van der Waals surface area contributed by atoms with E-state index >= 15 is 0 Å². The van der Waals surface area contributed by atoms with Crippen molar-refractivity contribution in [2.45, 2.75) is 300 Å². The summed E-state index contributed by atoms with van der Waals surface area (Å²) in [5.74, 6) is 0.880. The number of phenolic OH excluding ortho intramolecular Hbond substituents is 1. The second-order valence-corrected chi connectivity index (χ2v) is 25.0. The minimum atomic E-state index is -0.732. The molecule has 2 aliphatic heterocycles. The lowest BCUT2D eigenvalue weighted by atomic mass is 9.51. The van der Waals surface area contributed by atoms with E-state index in [-0.39, 0.29) is 131 Å². The molecule has 3 N–H and O–H groups in total. The fraction of sp³-hybridized carbons (Fsp3) is 0.833. The third kappa shape index (κ3) is 20.3. The first-order chi connectivity index (χ1) is 33.0. The Hall–Kier alpha value is -3.71. The van der Waals surface area contributed by atoms with Crippen molar-refractivity contribution in [3.8, 4) is 5.75 Å². The zero-order valence-electron chi connectivity index (χ0n) is 45.7. The Labute approximate surface area is 484 Å². The van der Waals surface area contributed by atoms with Crippen LogP contribution in [0.4, 0.5) is 0 Å². The molecule has 1 aromatic rings. The maximum absolute atomic E-state index is 12.3.